The van der Waals surface area contributed by atoms with Crippen LogP contribution in [0.1, 0.15) is 34.0 Å². The van der Waals surface area contributed by atoms with Crippen molar-refractivity contribution in [2.45, 2.75) is 38.8 Å². The van der Waals surface area contributed by atoms with E-state index in [1.54, 1.807) is 42.6 Å². The summed E-state index contributed by atoms with van der Waals surface area (Å²) < 4.78 is 58.5. The van der Waals surface area contributed by atoms with E-state index in [1.807, 2.05) is 11.0 Å². The van der Waals surface area contributed by atoms with Gasteiger partial charge in [0, 0.05) is 56.2 Å². The minimum absolute atomic E-state index is 0.149. The van der Waals surface area contributed by atoms with Gasteiger partial charge in [0.2, 0.25) is 0 Å². The number of nitrogens with two attached hydrogens (primary N) is 1. The Balaban J connectivity index is 1.53. The molecule has 3 heterocycles. The third-order valence-corrected chi connectivity index (χ3v) is 8.11. The highest BCUT2D eigenvalue weighted by atomic mass is 35.5. The Kier molecular flexibility index (Phi) is 9.23. The second-order valence-electron chi connectivity index (χ2n) is 10.8. The van der Waals surface area contributed by atoms with E-state index in [1.165, 1.54) is 6.92 Å². The summed E-state index contributed by atoms with van der Waals surface area (Å²) in [5, 5.41) is 0.394. The number of hydrogen-bond acceptors (Lipinski definition) is 6. The van der Waals surface area contributed by atoms with Crippen LogP contribution < -0.4 is 21.9 Å². The Morgan fingerprint density at radius 1 is 0.932 bits per heavy atom. The van der Waals surface area contributed by atoms with Crippen molar-refractivity contribution >= 4 is 17.3 Å². The Labute approximate surface area is 255 Å². The van der Waals surface area contributed by atoms with Gasteiger partial charge in [0.25, 0.3) is 5.56 Å². The Morgan fingerprint density at radius 3 is 2.27 bits per heavy atom. The Morgan fingerprint density at radius 2 is 1.64 bits per heavy atom. The van der Waals surface area contributed by atoms with Crippen LogP contribution in [-0.4, -0.2) is 45.2 Å². The molecule has 2 aromatic heterocycles. The van der Waals surface area contributed by atoms with E-state index in [9.17, 15) is 27.2 Å². The first-order valence-corrected chi connectivity index (χ1v) is 14.4. The summed E-state index contributed by atoms with van der Waals surface area (Å²) in [5.74, 6) is -1.10. The van der Waals surface area contributed by atoms with Gasteiger partial charge in [-0.3, -0.25) is 18.8 Å². The standard InChI is InChI=1S/C31H31ClF4N6O2/c1-20-28(40-14-12-39(13-15-40)17-21-10-11-27(32)38-16-21)29(43)42(19-26(37)22-6-3-2-4-7-22)30(44)41(20)18-23-24(31(34,35)36)8-5-9-25(23)33/h2-11,16,26H,12-15,17-19,37H2,1H3. The van der Waals surface area contributed by atoms with Crippen molar-refractivity contribution in [3.8, 4) is 0 Å². The van der Waals surface area contributed by atoms with Crippen molar-refractivity contribution in [2.24, 2.45) is 5.73 Å². The minimum atomic E-state index is -4.85. The third kappa shape index (κ3) is 6.72. The van der Waals surface area contributed by atoms with E-state index in [2.05, 4.69) is 9.88 Å². The first-order chi connectivity index (χ1) is 20.9. The number of rotatable bonds is 8. The summed E-state index contributed by atoms with van der Waals surface area (Å²) in [6.45, 7) is 3.12. The van der Waals surface area contributed by atoms with Crippen molar-refractivity contribution in [1.29, 1.82) is 0 Å². The average Bonchev–Trinajstić information content (AvgIpc) is 3.00. The van der Waals surface area contributed by atoms with Crippen LogP contribution in [0.5, 0.6) is 0 Å². The van der Waals surface area contributed by atoms with Gasteiger partial charge in [-0.2, -0.15) is 13.2 Å². The van der Waals surface area contributed by atoms with Crippen LogP contribution in [0.15, 0.2) is 76.4 Å². The van der Waals surface area contributed by atoms with Crippen molar-refractivity contribution in [2.75, 3.05) is 31.1 Å². The maximum Gasteiger partial charge on any atom is 0.416 e. The molecule has 1 fully saturated rings. The molecule has 4 aromatic rings. The second kappa shape index (κ2) is 12.9. The van der Waals surface area contributed by atoms with Crippen LogP contribution >= 0.6 is 11.6 Å². The molecule has 1 saturated heterocycles. The molecule has 2 N–H and O–H groups in total. The quantitative estimate of drug-likeness (QED) is 0.226. The SMILES string of the molecule is Cc1c(N2CCN(Cc3ccc(Cl)nc3)CC2)c(=O)n(CC(N)c2ccccc2)c(=O)n1Cc1c(F)cccc1C(F)(F)F. The van der Waals surface area contributed by atoms with E-state index in [4.69, 9.17) is 17.3 Å². The number of benzene rings is 2. The number of hydrogen-bond donors (Lipinski definition) is 1. The maximum atomic E-state index is 14.9. The van der Waals surface area contributed by atoms with Crippen LogP contribution in [-0.2, 0) is 25.8 Å². The normalized spacial score (nSPS) is 15.0. The smallest absolute Gasteiger partial charge is 0.363 e. The number of halogens is 5. The number of alkyl halides is 3. The highest BCUT2D eigenvalue weighted by Crippen LogP contribution is 2.33. The predicted molar refractivity (Wildman–Crippen MR) is 160 cm³/mol. The highest BCUT2D eigenvalue weighted by Gasteiger charge is 2.35. The van der Waals surface area contributed by atoms with E-state index < -0.39 is 47.0 Å². The van der Waals surface area contributed by atoms with Crippen LogP contribution in [0.4, 0.5) is 23.2 Å². The molecule has 8 nitrogen and oxygen atoms in total. The van der Waals surface area contributed by atoms with Crippen LogP contribution in [0.3, 0.4) is 0 Å². The fourth-order valence-electron chi connectivity index (χ4n) is 5.53. The predicted octanol–water partition coefficient (Wildman–Crippen LogP) is 4.60. The molecular formula is C31H31ClF4N6O2. The summed E-state index contributed by atoms with van der Waals surface area (Å²) in [4.78, 5) is 35.8. The van der Waals surface area contributed by atoms with Gasteiger partial charge in [-0.05, 0) is 36.2 Å². The van der Waals surface area contributed by atoms with Crippen LogP contribution in [0.2, 0.25) is 5.15 Å². The molecule has 1 atom stereocenters. The van der Waals surface area contributed by atoms with Gasteiger partial charge >= 0.3 is 11.9 Å². The van der Waals surface area contributed by atoms with Gasteiger partial charge in [0.1, 0.15) is 16.7 Å². The topological polar surface area (TPSA) is 89.4 Å². The summed E-state index contributed by atoms with van der Waals surface area (Å²) in [7, 11) is 0. The van der Waals surface area contributed by atoms with Gasteiger partial charge in [0.05, 0.1) is 18.7 Å². The largest absolute Gasteiger partial charge is 0.416 e. The molecule has 0 amide bonds. The molecule has 1 aliphatic heterocycles. The first-order valence-electron chi connectivity index (χ1n) is 14.0. The maximum absolute atomic E-state index is 14.9. The zero-order valence-corrected chi connectivity index (χ0v) is 24.7. The van der Waals surface area contributed by atoms with Crippen LogP contribution in [0.25, 0.3) is 0 Å². The number of anilines is 1. The lowest BCUT2D eigenvalue weighted by Gasteiger charge is -2.37. The summed E-state index contributed by atoms with van der Waals surface area (Å²) in [6.07, 6.45) is -3.15. The molecule has 0 radical (unpaired) electrons. The highest BCUT2D eigenvalue weighted by molar-refractivity contribution is 6.29. The zero-order chi connectivity index (χ0) is 31.6. The third-order valence-electron chi connectivity index (χ3n) is 7.89. The van der Waals surface area contributed by atoms with Gasteiger partial charge in [-0.15, -0.1) is 0 Å². The molecule has 1 unspecified atom stereocenters. The monoisotopic (exact) mass is 630 g/mol. The van der Waals surface area contributed by atoms with Gasteiger partial charge < -0.3 is 10.6 Å². The number of nitrogens with zero attached hydrogens (tertiary/aromatic N) is 5. The van der Waals surface area contributed by atoms with Crippen molar-refractivity contribution in [3.05, 3.63) is 127 Å². The summed E-state index contributed by atoms with van der Waals surface area (Å²) in [5.41, 5.74) is 5.01. The fourth-order valence-corrected chi connectivity index (χ4v) is 5.64. The molecule has 0 bridgehead atoms. The lowest BCUT2D eigenvalue weighted by molar-refractivity contribution is -0.138. The average molecular weight is 631 g/mol. The van der Waals surface area contributed by atoms with Gasteiger partial charge in [0.15, 0.2) is 0 Å². The molecule has 2 aromatic carbocycles. The molecule has 0 saturated carbocycles. The number of piperazine rings is 1. The zero-order valence-electron chi connectivity index (χ0n) is 23.9. The molecule has 1 aliphatic rings. The van der Waals surface area contributed by atoms with Gasteiger partial charge in [-0.25, -0.2) is 14.2 Å². The summed E-state index contributed by atoms with van der Waals surface area (Å²) >= 11 is 5.89. The lowest BCUT2D eigenvalue weighted by Crippen LogP contribution is -2.51. The van der Waals surface area contributed by atoms with E-state index in [0.29, 0.717) is 43.4 Å². The van der Waals surface area contributed by atoms with E-state index in [-0.39, 0.29) is 17.9 Å². The first kappa shape index (κ1) is 31.4. The van der Waals surface area contributed by atoms with E-state index in [0.717, 1.165) is 32.9 Å². The molecule has 5 rings (SSSR count). The molecular weight excluding hydrogens is 600 g/mol. The lowest BCUT2D eigenvalue weighted by atomic mass is 10.1. The van der Waals surface area contributed by atoms with Crippen LogP contribution in [0, 0.1) is 12.7 Å². The van der Waals surface area contributed by atoms with Crippen molar-refractivity contribution < 1.29 is 17.6 Å². The Bertz CT molecular complexity index is 1730. The molecule has 232 valence electrons. The molecule has 13 heteroatoms. The molecule has 0 aliphatic carbocycles. The Hall–Kier alpha value is -4.00. The van der Waals surface area contributed by atoms with E-state index >= 15 is 0 Å². The summed E-state index contributed by atoms with van der Waals surface area (Å²) in [6, 6.07) is 14.4. The fraction of sp³-hybridized carbons (Fsp3) is 0.323. The minimum Gasteiger partial charge on any atom is -0.363 e. The number of pyridine rings is 1. The van der Waals surface area contributed by atoms with Crippen molar-refractivity contribution in [3.63, 3.8) is 0 Å². The molecule has 44 heavy (non-hydrogen) atoms. The van der Waals surface area contributed by atoms with Gasteiger partial charge in [-0.1, -0.05) is 54.1 Å². The number of aromatic nitrogens is 3. The van der Waals surface area contributed by atoms with Crippen molar-refractivity contribution in [1.82, 2.24) is 19.0 Å². The second-order valence-corrected chi connectivity index (χ2v) is 11.1. The molecule has 0 spiro atoms.